The van der Waals surface area contributed by atoms with Crippen LogP contribution in [0.5, 0.6) is 11.5 Å². The minimum absolute atomic E-state index is 0.0485. The fraction of sp³-hybridized carbons (Fsp3) is 0.227. The van der Waals surface area contributed by atoms with Crippen LogP contribution in [0.1, 0.15) is 35.7 Å². The number of esters is 1. The predicted molar refractivity (Wildman–Crippen MR) is 106 cm³/mol. The molecule has 0 heterocycles. The molecule has 2 aromatic rings. The number of carbonyl (C=O) groups excluding carboxylic acids is 2. The summed E-state index contributed by atoms with van der Waals surface area (Å²) < 4.78 is 23.8. The summed E-state index contributed by atoms with van der Waals surface area (Å²) in [6.07, 6.45) is 3.17. The van der Waals surface area contributed by atoms with Crippen molar-refractivity contribution in [2.24, 2.45) is 0 Å². The Morgan fingerprint density at radius 1 is 1.21 bits per heavy atom. The zero-order valence-electron chi connectivity index (χ0n) is 16.2. The normalized spacial score (nSPS) is 10.8. The van der Waals surface area contributed by atoms with E-state index < -0.39 is 17.7 Å². The molecule has 0 aromatic heterocycles. The molecule has 150 valence electrons. The van der Waals surface area contributed by atoms with Crippen molar-refractivity contribution in [1.29, 1.82) is 5.26 Å². The molecular formula is C22H21FN2O4. The molecule has 6 nitrogen and oxygen atoms in total. The van der Waals surface area contributed by atoms with Gasteiger partial charge in [0.05, 0.1) is 12.7 Å². The SMILES string of the molecule is CCCCNC(=O)/C(C#N)=C/c1ccc(OC(=O)c2cccc(F)c2)c(OC)c1. The van der Waals surface area contributed by atoms with Gasteiger partial charge in [0.25, 0.3) is 5.91 Å². The van der Waals surface area contributed by atoms with Crippen LogP contribution in [-0.4, -0.2) is 25.5 Å². The lowest BCUT2D eigenvalue weighted by atomic mass is 10.1. The molecule has 1 amide bonds. The van der Waals surface area contributed by atoms with Gasteiger partial charge in [-0.15, -0.1) is 0 Å². The quantitative estimate of drug-likeness (QED) is 0.241. The lowest BCUT2D eigenvalue weighted by Crippen LogP contribution is -2.25. The number of hydrogen-bond acceptors (Lipinski definition) is 5. The second-order valence-electron chi connectivity index (χ2n) is 6.09. The number of hydrogen-bond donors (Lipinski definition) is 1. The molecule has 0 fully saturated rings. The highest BCUT2D eigenvalue weighted by atomic mass is 19.1. The highest BCUT2D eigenvalue weighted by Gasteiger charge is 2.14. The summed E-state index contributed by atoms with van der Waals surface area (Å²) in [6, 6.07) is 11.6. The van der Waals surface area contributed by atoms with E-state index >= 15 is 0 Å². The molecule has 7 heteroatoms. The first-order valence-electron chi connectivity index (χ1n) is 9.04. The van der Waals surface area contributed by atoms with Crippen LogP contribution in [0.3, 0.4) is 0 Å². The molecule has 0 aliphatic rings. The second-order valence-corrected chi connectivity index (χ2v) is 6.09. The molecule has 2 rings (SSSR count). The Balaban J connectivity index is 2.20. The Labute approximate surface area is 168 Å². The van der Waals surface area contributed by atoms with E-state index in [1.807, 2.05) is 13.0 Å². The maximum Gasteiger partial charge on any atom is 0.343 e. The van der Waals surface area contributed by atoms with Gasteiger partial charge in [-0.25, -0.2) is 9.18 Å². The molecule has 0 spiro atoms. The van der Waals surface area contributed by atoms with Gasteiger partial charge in [0.2, 0.25) is 0 Å². The fourth-order valence-corrected chi connectivity index (χ4v) is 2.42. The number of nitriles is 1. The van der Waals surface area contributed by atoms with Gasteiger partial charge in [0.15, 0.2) is 11.5 Å². The third-order valence-corrected chi connectivity index (χ3v) is 3.94. The van der Waals surface area contributed by atoms with E-state index in [0.717, 1.165) is 18.9 Å². The smallest absolute Gasteiger partial charge is 0.343 e. The number of nitrogens with one attached hydrogen (secondary N) is 1. The monoisotopic (exact) mass is 396 g/mol. The first-order chi connectivity index (χ1) is 14.0. The molecule has 1 N–H and O–H groups in total. The molecule has 0 bridgehead atoms. The third kappa shape index (κ3) is 6.18. The fourth-order valence-electron chi connectivity index (χ4n) is 2.42. The second kappa shape index (κ2) is 10.6. The van der Waals surface area contributed by atoms with Crippen LogP contribution < -0.4 is 14.8 Å². The predicted octanol–water partition coefficient (Wildman–Crippen LogP) is 3.88. The number of benzene rings is 2. The molecular weight excluding hydrogens is 375 g/mol. The molecule has 0 saturated heterocycles. The van der Waals surface area contributed by atoms with E-state index in [1.165, 1.54) is 43.5 Å². The van der Waals surface area contributed by atoms with Crippen LogP contribution in [-0.2, 0) is 4.79 Å². The van der Waals surface area contributed by atoms with Crippen molar-refractivity contribution >= 4 is 18.0 Å². The van der Waals surface area contributed by atoms with E-state index in [4.69, 9.17) is 9.47 Å². The first kappa shape index (κ1) is 21.6. The highest BCUT2D eigenvalue weighted by molar-refractivity contribution is 6.01. The summed E-state index contributed by atoms with van der Waals surface area (Å²) in [5.74, 6) is -1.38. The molecule has 0 atom stereocenters. The van der Waals surface area contributed by atoms with Crippen LogP contribution in [0.2, 0.25) is 0 Å². The van der Waals surface area contributed by atoms with E-state index in [9.17, 15) is 19.2 Å². The number of ether oxygens (including phenoxy) is 2. The van der Waals surface area contributed by atoms with Gasteiger partial charge in [0, 0.05) is 6.54 Å². The Bertz CT molecular complexity index is 964. The van der Waals surface area contributed by atoms with E-state index in [2.05, 4.69) is 5.32 Å². The lowest BCUT2D eigenvalue weighted by Gasteiger charge is -2.10. The third-order valence-electron chi connectivity index (χ3n) is 3.94. The molecule has 29 heavy (non-hydrogen) atoms. The molecule has 0 aliphatic heterocycles. The zero-order chi connectivity index (χ0) is 21.2. The van der Waals surface area contributed by atoms with Crippen LogP contribution in [0.25, 0.3) is 6.08 Å². The molecule has 2 aromatic carbocycles. The van der Waals surface area contributed by atoms with Crippen LogP contribution in [0.15, 0.2) is 48.0 Å². The maximum absolute atomic E-state index is 13.3. The summed E-state index contributed by atoms with van der Waals surface area (Å²) in [5, 5.41) is 11.9. The van der Waals surface area contributed by atoms with Gasteiger partial charge in [0.1, 0.15) is 17.5 Å². The summed E-state index contributed by atoms with van der Waals surface area (Å²) in [5.41, 5.74) is 0.536. The highest BCUT2D eigenvalue weighted by Crippen LogP contribution is 2.29. The van der Waals surface area contributed by atoms with Crippen LogP contribution >= 0.6 is 0 Å². The van der Waals surface area contributed by atoms with Crippen molar-refractivity contribution in [2.45, 2.75) is 19.8 Å². The van der Waals surface area contributed by atoms with Crippen molar-refractivity contribution in [2.75, 3.05) is 13.7 Å². The zero-order valence-corrected chi connectivity index (χ0v) is 16.2. The molecule has 0 saturated carbocycles. The molecule has 0 radical (unpaired) electrons. The van der Waals surface area contributed by atoms with E-state index in [1.54, 1.807) is 6.07 Å². The van der Waals surface area contributed by atoms with E-state index in [0.29, 0.717) is 12.1 Å². The van der Waals surface area contributed by atoms with Gasteiger partial charge >= 0.3 is 5.97 Å². The Hall–Kier alpha value is -3.66. The van der Waals surface area contributed by atoms with Gasteiger partial charge in [-0.05, 0) is 48.4 Å². The van der Waals surface area contributed by atoms with Crippen molar-refractivity contribution in [3.63, 3.8) is 0 Å². The van der Waals surface area contributed by atoms with E-state index in [-0.39, 0.29) is 22.6 Å². The number of nitrogens with zero attached hydrogens (tertiary/aromatic N) is 1. The number of halogens is 1. The van der Waals surface area contributed by atoms with Gasteiger partial charge in [-0.1, -0.05) is 25.5 Å². The summed E-state index contributed by atoms with van der Waals surface area (Å²) in [6.45, 7) is 2.49. The topological polar surface area (TPSA) is 88.4 Å². The standard InChI is InChI=1S/C22H21FN2O4/c1-3-4-10-25-21(26)17(14-24)11-15-8-9-19(20(12-15)28-2)29-22(27)16-6-5-7-18(23)13-16/h5-9,11-13H,3-4,10H2,1-2H3,(H,25,26)/b17-11+. The van der Waals surface area contributed by atoms with Gasteiger partial charge in [-0.2, -0.15) is 5.26 Å². The van der Waals surface area contributed by atoms with Crippen LogP contribution in [0.4, 0.5) is 4.39 Å². The first-order valence-corrected chi connectivity index (χ1v) is 9.04. The van der Waals surface area contributed by atoms with Crippen molar-refractivity contribution < 1.29 is 23.5 Å². The lowest BCUT2D eigenvalue weighted by molar-refractivity contribution is -0.117. The average molecular weight is 396 g/mol. The number of unbranched alkanes of at least 4 members (excludes halogenated alkanes) is 1. The Kier molecular flexibility index (Phi) is 7.92. The van der Waals surface area contributed by atoms with Gasteiger partial charge < -0.3 is 14.8 Å². The average Bonchev–Trinajstić information content (AvgIpc) is 2.72. The largest absolute Gasteiger partial charge is 0.493 e. The number of methoxy groups -OCH3 is 1. The van der Waals surface area contributed by atoms with Crippen molar-refractivity contribution in [3.05, 3.63) is 65.0 Å². The van der Waals surface area contributed by atoms with Crippen molar-refractivity contribution in [1.82, 2.24) is 5.32 Å². The summed E-state index contributed by atoms with van der Waals surface area (Å²) in [7, 11) is 1.39. The Morgan fingerprint density at radius 3 is 2.66 bits per heavy atom. The van der Waals surface area contributed by atoms with Gasteiger partial charge in [-0.3, -0.25) is 4.79 Å². The molecule has 0 aliphatic carbocycles. The van der Waals surface area contributed by atoms with Crippen molar-refractivity contribution in [3.8, 4) is 17.6 Å². The summed E-state index contributed by atoms with van der Waals surface area (Å²) >= 11 is 0. The summed E-state index contributed by atoms with van der Waals surface area (Å²) in [4.78, 5) is 24.3. The number of carbonyl (C=O) groups is 2. The maximum atomic E-state index is 13.3. The number of rotatable bonds is 8. The minimum atomic E-state index is -0.737. The van der Waals surface area contributed by atoms with Crippen LogP contribution in [0, 0.1) is 17.1 Å². The Morgan fingerprint density at radius 2 is 2.00 bits per heavy atom. The molecule has 0 unspecified atom stereocenters. The minimum Gasteiger partial charge on any atom is -0.493 e. The number of amides is 1.